The highest BCUT2D eigenvalue weighted by atomic mass is 32.1. The Balaban J connectivity index is 2.87. The molecule has 1 aromatic heterocycles. The summed E-state index contributed by atoms with van der Waals surface area (Å²) in [5.74, 6) is 0.291. The molecule has 0 aliphatic rings. The van der Waals surface area contributed by atoms with Crippen LogP contribution in [0.2, 0.25) is 0 Å². The van der Waals surface area contributed by atoms with Crippen molar-refractivity contribution in [3.8, 4) is 11.5 Å². The maximum Gasteiger partial charge on any atom is 0.157 e. The van der Waals surface area contributed by atoms with Gasteiger partial charge in [-0.2, -0.15) is 0 Å². The molecule has 4 N–H and O–H groups in total. The molecule has 0 saturated heterocycles. The second-order valence-electron chi connectivity index (χ2n) is 2.50. The Labute approximate surface area is 72.7 Å². The number of benzene rings is 1. The lowest BCUT2D eigenvalue weighted by atomic mass is 10.2. The fourth-order valence-electron chi connectivity index (χ4n) is 1.09. The quantitative estimate of drug-likeness (QED) is 0.581. The minimum absolute atomic E-state index is 0.106. The molecule has 3 nitrogen and oxygen atoms in total. The molecule has 4 heteroatoms. The summed E-state index contributed by atoms with van der Waals surface area (Å²) < 4.78 is 0.796. The molecular formula is C8H7NO2S. The zero-order valence-corrected chi connectivity index (χ0v) is 6.93. The van der Waals surface area contributed by atoms with Crippen molar-refractivity contribution in [2.45, 2.75) is 0 Å². The van der Waals surface area contributed by atoms with Gasteiger partial charge in [0.2, 0.25) is 0 Å². The molecule has 0 atom stereocenters. The molecule has 0 fully saturated rings. The average Bonchev–Trinajstić information content (AvgIpc) is 2.28. The number of nitrogens with two attached hydrogens (primary N) is 1. The Hall–Kier alpha value is -1.42. The van der Waals surface area contributed by atoms with E-state index in [1.54, 1.807) is 12.1 Å². The van der Waals surface area contributed by atoms with Crippen molar-refractivity contribution in [3.05, 3.63) is 18.2 Å². The Kier molecular flexibility index (Phi) is 1.38. The third-order valence-electron chi connectivity index (χ3n) is 1.67. The lowest BCUT2D eigenvalue weighted by Crippen LogP contribution is -1.75. The number of phenolic OH excluding ortho intramolecular Hbond substituents is 1. The molecule has 2 rings (SSSR count). The standard InChI is InChI=1S/C8H7NO2S/c9-8-7(11)5-2-1-4(10)3-6(5)12-8/h1-3,10-11H,9H2. The van der Waals surface area contributed by atoms with Gasteiger partial charge in [0.25, 0.3) is 0 Å². The minimum atomic E-state index is 0.106. The van der Waals surface area contributed by atoms with Gasteiger partial charge in [0.1, 0.15) is 10.8 Å². The molecule has 0 amide bonds. The predicted octanol–water partition coefficient (Wildman–Crippen LogP) is 1.89. The van der Waals surface area contributed by atoms with Gasteiger partial charge in [0, 0.05) is 10.1 Å². The SMILES string of the molecule is Nc1sc2cc(O)ccc2c1O. The molecular weight excluding hydrogens is 174 g/mol. The first-order valence-electron chi connectivity index (χ1n) is 3.38. The minimum Gasteiger partial charge on any atom is -0.508 e. The molecule has 1 heterocycles. The van der Waals surface area contributed by atoms with E-state index in [0.717, 1.165) is 4.70 Å². The van der Waals surface area contributed by atoms with Gasteiger partial charge in [-0.05, 0) is 18.2 Å². The number of hydrogen-bond donors (Lipinski definition) is 3. The number of hydrogen-bond acceptors (Lipinski definition) is 4. The molecule has 0 spiro atoms. The topological polar surface area (TPSA) is 66.5 Å². The summed E-state index contributed by atoms with van der Waals surface area (Å²) >= 11 is 1.26. The maximum absolute atomic E-state index is 9.39. The Morgan fingerprint density at radius 1 is 1.25 bits per heavy atom. The van der Waals surface area contributed by atoms with E-state index >= 15 is 0 Å². The summed E-state index contributed by atoms with van der Waals surface area (Å²) in [5, 5.41) is 19.6. The first kappa shape index (κ1) is 7.24. The van der Waals surface area contributed by atoms with Crippen molar-refractivity contribution in [2.24, 2.45) is 0 Å². The highest BCUT2D eigenvalue weighted by molar-refractivity contribution is 7.23. The number of rotatable bonds is 0. The molecule has 0 radical (unpaired) electrons. The van der Waals surface area contributed by atoms with Crippen LogP contribution in [-0.4, -0.2) is 10.2 Å². The van der Waals surface area contributed by atoms with Crippen LogP contribution in [0.5, 0.6) is 11.5 Å². The molecule has 12 heavy (non-hydrogen) atoms. The van der Waals surface area contributed by atoms with Crippen LogP contribution in [0.1, 0.15) is 0 Å². The van der Waals surface area contributed by atoms with Crippen LogP contribution in [-0.2, 0) is 0 Å². The summed E-state index contributed by atoms with van der Waals surface area (Å²) in [6.45, 7) is 0. The molecule has 0 saturated carbocycles. The van der Waals surface area contributed by atoms with Crippen LogP contribution in [0.15, 0.2) is 18.2 Å². The van der Waals surface area contributed by atoms with E-state index in [-0.39, 0.29) is 11.5 Å². The highest BCUT2D eigenvalue weighted by Gasteiger charge is 2.07. The number of fused-ring (bicyclic) bond motifs is 1. The van der Waals surface area contributed by atoms with Gasteiger partial charge in [-0.25, -0.2) is 0 Å². The van der Waals surface area contributed by atoms with Crippen LogP contribution in [0.25, 0.3) is 10.1 Å². The number of phenols is 1. The number of nitrogen functional groups attached to an aromatic ring is 1. The van der Waals surface area contributed by atoms with Gasteiger partial charge in [-0.3, -0.25) is 0 Å². The van der Waals surface area contributed by atoms with E-state index in [4.69, 9.17) is 10.8 Å². The number of aromatic hydroxyl groups is 2. The van der Waals surface area contributed by atoms with Crippen molar-refractivity contribution in [3.63, 3.8) is 0 Å². The molecule has 0 aliphatic heterocycles. The second kappa shape index (κ2) is 2.28. The Bertz CT molecular complexity index is 436. The highest BCUT2D eigenvalue weighted by Crippen LogP contribution is 2.40. The average molecular weight is 181 g/mol. The zero-order chi connectivity index (χ0) is 8.72. The molecule has 1 aromatic carbocycles. The smallest absolute Gasteiger partial charge is 0.157 e. The monoisotopic (exact) mass is 181 g/mol. The van der Waals surface area contributed by atoms with Gasteiger partial charge < -0.3 is 15.9 Å². The van der Waals surface area contributed by atoms with E-state index < -0.39 is 0 Å². The van der Waals surface area contributed by atoms with Crippen LogP contribution in [0.3, 0.4) is 0 Å². The predicted molar refractivity (Wildman–Crippen MR) is 49.6 cm³/mol. The van der Waals surface area contributed by atoms with Crippen molar-refractivity contribution in [1.82, 2.24) is 0 Å². The molecule has 0 unspecified atom stereocenters. The fraction of sp³-hybridized carbons (Fsp3) is 0. The Morgan fingerprint density at radius 3 is 2.75 bits per heavy atom. The molecule has 2 aromatic rings. The normalized spacial score (nSPS) is 10.7. The summed E-state index contributed by atoms with van der Waals surface area (Å²) in [4.78, 5) is 0. The fourth-order valence-corrected chi connectivity index (χ4v) is 1.99. The summed E-state index contributed by atoms with van der Waals surface area (Å²) in [7, 11) is 0. The van der Waals surface area contributed by atoms with Crippen molar-refractivity contribution in [1.29, 1.82) is 0 Å². The Morgan fingerprint density at radius 2 is 2.00 bits per heavy atom. The second-order valence-corrected chi connectivity index (χ2v) is 3.58. The van der Waals surface area contributed by atoms with Crippen molar-refractivity contribution in [2.75, 3.05) is 5.73 Å². The van der Waals surface area contributed by atoms with Crippen LogP contribution in [0.4, 0.5) is 5.00 Å². The lowest BCUT2D eigenvalue weighted by Gasteiger charge is -1.91. The first-order chi connectivity index (χ1) is 5.68. The molecule has 62 valence electrons. The van der Waals surface area contributed by atoms with E-state index in [1.165, 1.54) is 17.4 Å². The molecule has 0 aliphatic carbocycles. The maximum atomic E-state index is 9.39. The van der Waals surface area contributed by atoms with Gasteiger partial charge >= 0.3 is 0 Å². The van der Waals surface area contributed by atoms with E-state index in [1.807, 2.05) is 0 Å². The van der Waals surface area contributed by atoms with Crippen molar-refractivity contribution >= 4 is 26.4 Å². The first-order valence-corrected chi connectivity index (χ1v) is 4.20. The largest absolute Gasteiger partial charge is 0.508 e. The van der Waals surface area contributed by atoms with E-state index in [2.05, 4.69) is 0 Å². The van der Waals surface area contributed by atoms with E-state index in [9.17, 15) is 5.11 Å². The third-order valence-corrected chi connectivity index (χ3v) is 2.64. The van der Waals surface area contributed by atoms with Gasteiger partial charge in [0.15, 0.2) is 5.75 Å². The van der Waals surface area contributed by atoms with Gasteiger partial charge in [-0.15, -0.1) is 11.3 Å². The lowest BCUT2D eigenvalue weighted by molar-refractivity contribution is 0.476. The third kappa shape index (κ3) is 0.887. The summed E-state index contributed by atoms with van der Waals surface area (Å²) in [6.07, 6.45) is 0. The van der Waals surface area contributed by atoms with Crippen molar-refractivity contribution < 1.29 is 10.2 Å². The van der Waals surface area contributed by atoms with Gasteiger partial charge in [-0.1, -0.05) is 0 Å². The van der Waals surface area contributed by atoms with Gasteiger partial charge in [0.05, 0.1) is 0 Å². The zero-order valence-electron chi connectivity index (χ0n) is 6.11. The van der Waals surface area contributed by atoms with Crippen LogP contribution >= 0.6 is 11.3 Å². The van der Waals surface area contributed by atoms with Crippen LogP contribution < -0.4 is 5.73 Å². The molecule has 0 bridgehead atoms. The summed E-state index contributed by atoms with van der Waals surface area (Å²) in [6, 6.07) is 4.75. The number of anilines is 1. The van der Waals surface area contributed by atoms with Crippen LogP contribution in [0, 0.1) is 0 Å². The van der Waals surface area contributed by atoms with E-state index in [0.29, 0.717) is 10.4 Å². The summed E-state index contributed by atoms with van der Waals surface area (Å²) in [5.41, 5.74) is 5.49. The number of thiophene rings is 1.